The molecule has 1 saturated heterocycles. The van der Waals surface area contributed by atoms with Crippen LogP contribution in [0.2, 0.25) is 0 Å². The minimum absolute atomic E-state index is 0.0666. The zero-order valence-electron chi connectivity index (χ0n) is 30.9. The number of aliphatic carboxylic acids is 1. The maximum Gasteiger partial charge on any atom is 0.408 e. The van der Waals surface area contributed by atoms with Crippen molar-refractivity contribution >= 4 is 23.9 Å². The molecule has 284 valence electrons. The molecule has 14 nitrogen and oxygen atoms in total. The molecule has 3 aromatic rings. The van der Waals surface area contributed by atoms with Crippen molar-refractivity contribution in [2.75, 3.05) is 6.54 Å². The summed E-state index contributed by atoms with van der Waals surface area (Å²) in [6.45, 7) is 4.98. The molecule has 0 bridgehead atoms. The van der Waals surface area contributed by atoms with Crippen molar-refractivity contribution in [3.63, 3.8) is 0 Å². The summed E-state index contributed by atoms with van der Waals surface area (Å²) in [4.78, 5) is 70.2. The van der Waals surface area contributed by atoms with Gasteiger partial charge in [0.05, 0.1) is 41.1 Å². The molecule has 1 aromatic heterocycles. The zero-order chi connectivity index (χ0) is 39.5. The van der Waals surface area contributed by atoms with Crippen molar-refractivity contribution in [3.8, 4) is 34.4 Å². The molecule has 1 unspecified atom stereocenters. The molecule has 3 heterocycles. The molecule has 0 radical (unpaired) electrons. The van der Waals surface area contributed by atoms with Crippen LogP contribution in [0.25, 0.3) is 22.3 Å². The van der Waals surface area contributed by atoms with Crippen LogP contribution in [0.5, 0.6) is 0 Å². The fraction of sp³-hybridized carbons (Fsp3) is 0.415. The number of nitriles is 2. The van der Waals surface area contributed by atoms with Crippen molar-refractivity contribution in [3.05, 3.63) is 88.4 Å². The number of carboxylic acids is 1. The van der Waals surface area contributed by atoms with Crippen LogP contribution in [0.3, 0.4) is 0 Å². The van der Waals surface area contributed by atoms with Gasteiger partial charge in [0.2, 0.25) is 11.8 Å². The van der Waals surface area contributed by atoms with Gasteiger partial charge in [0.15, 0.2) is 0 Å². The summed E-state index contributed by atoms with van der Waals surface area (Å²) < 4.78 is 6.71. The number of nitrogens with one attached hydrogen (secondary N) is 2. The van der Waals surface area contributed by atoms with Gasteiger partial charge in [-0.05, 0) is 81.8 Å². The van der Waals surface area contributed by atoms with Crippen molar-refractivity contribution < 1.29 is 29.0 Å². The van der Waals surface area contributed by atoms with E-state index >= 15 is 0 Å². The number of fused-ring (bicyclic) bond motifs is 2. The van der Waals surface area contributed by atoms with Crippen molar-refractivity contribution in [2.45, 2.75) is 95.0 Å². The maximum absolute atomic E-state index is 14.6. The van der Waals surface area contributed by atoms with E-state index in [2.05, 4.69) is 27.9 Å². The molecule has 2 fully saturated rings. The Hall–Kier alpha value is -6.28. The van der Waals surface area contributed by atoms with E-state index in [9.17, 15) is 39.6 Å². The van der Waals surface area contributed by atoms with Gasteiger partial charge in [-0.2, -0.15) is 15.6 Å². The highest BCUT2D eigenvalue weighted by Crippen LogP contribution is 2.45. The first-order valence-electron chi connectivity index (χ1n) is 18.4. The maximum atomic E-state index is 14.6. The average molecular weight is 746 g/mol. The lowest BCUT2D eigenvalue weighted by Crippen LogP contribution is -2.56. The van der Waals surface area contributed by atoms with E-state index in [1.165, 1.54) is 15.8 Å². The molecular weight excluding hydrogens is 702 g/mol. The number of alkyl carbamates (subject to hydrolysis) is 1. The van der Waals surface area contributed by atoms with Gasteiger partial charge in [0, 0.05) is 24.4 Å². The van der Waals surface area contributed by atoms with E-state index in [1.807, 2.05) is 12.2 Å². The third-order valence-electron chi connectivity index (χ3n) is 10.3. The van der Waals surface area contributed by atoms with Gasteiger partial charge in [-0.15, -0.1) is 0 Å². The Labute approximate surface area is 318 Å². The summed E-state index contributed by atoms with van der Waals surface area (Å²) >= 11 is 0. The number of carboxylic acid groups (broad SMARTS) is 1. The summed E-state index contributed by atoms with van der Waals surface area (Å²) in [7, 11) is 0. The Balaban J connectivity index is 1.41. The lowest BCUT2D eigenvalue weighted by molar-refractivity contribution is -0.145. The van der Waals surface area contributed by atoms with Gasteiger partial charge >= 0.3 is 12.1 Å². The third kappa shape index (κ3) is 8.29. The molecule has 2 aromatic carbocycles. The fourth-order valence-corrected chi connectivity index (χ4v) is 7.37. The first kappa shape index (κ1) is 38.4. The second-order valence-corrected chi connectivity index (χ2v) is 15.3. The molecule has 3 amide bonds. The number of benzene rings is 2. The van der Waals surface area contributed by atoms with E-state index < -0.39 is 64.6 Å². The Bertz CT molecular complexity index is 2160. The quantitative estimate of drug-likeness (QED) is 0.303. The largest absolute Gasteiger partial charge is 0.479 e. The van der Waals surface area contributed by atoms with Gasteiger partial charge < -0.3 is 25.4 Å². The van der Waals surface area contributed by atoms with Gasteiger partial charge in [0.1, 0.15) is 23.2 Å². The zero-order valence-corrected chi connectivity index (χ0v) is 30.9. The van der Waals surface area contributed by atoms with Crippen molar-refractivity contribution in [1.29, 1.82) is 10.5 Å². The first-order chi connectivity index (χ1) is 26.2. The van der Waals surface area contributed by atoms with Crippen LogP contribution in [-0.4, -0.2) is 73.4 Å². The highest BCUT2D eigenvalue weighted by Gasteiger charge is 2.61. The molecule has 5 atom stereocenters. The fourth-order valence-electron chi connectivity index (χ4n) is 7.37. The smallest absolute Gasteiger partial charge is 0.408 e. The second kappa shape index (κ2) is 15.6. The Morgan fingerprint density at radius 3 is 2.25 bits per heavy atom. The number of ether oxygens (including phenoxy) is 1. The molecule has 2 aliphatic heterocycles. The minimum atomic E-state index is -1.53. The van der Waals surface area contributed by atoms with Crippen molar-refractivity contribution in [1.82, 2.24) is 25.3 Å². The van der Waals surface area contributed by atoms with Gasteiger partial charge in [0.25, 0.3) is 5.56 Å². The number of hydrogen-bond donors (Lipinski definition) is 3. The lowest BCUT2D eigenvalue weighted by Gasteiger charge is -2.30. The van der Waals surface area contributed by atoms with Gasteiger partial charge in [-0.25, -0.2) is 14.3 Å². The Kier molecular flexibility index (Phi) is 10.9. The van der Waals surface area contributed by atoms with Crippen LogP contribution in [0, 0.1) is 28.6 Å². The topological polar surface area (TPSA) is 208 Å². The van der Waals surface area contributed by atoms with E-state index in [4.69, 9.17) is 4.74 Å². The number of nitrogens with zero attached hydrogens (tertiary/aromatic N) is 5. The number of allylic oxidation sites excluding steroid dienone is 1. The average Bonchev–Trinajstić information content (AvgIpc) is 3.67. The van der Waals surface area contributed by atoms with Crippen LogP contribution in [0.4, 0.5) is 4.79 Å². The normalized spacial score (nSPS) is 24.1. The molecule has 1 aliphatic carbocycles. The number of carbonyl (C=O) groups is 4. The van der Waals surface area contributed by atoms with Crippen LogP contribution in [-0.2, 0) is 19.1 Å². The number of amides is 3. The number of hydrogen-bond acceptors (Lipinski definition) is 9. The molecule has 1 saturated carbocycles. The van der Waals surface area contributed by atoms with E-state index in [1.54, 1.807) is 69.3 Å². The van der Waals surface area contributed by atoms with E-state index in [-0.39, 0.29) is 31.4 Å². The molecule has 6 rings (SSSR count). The standard InChI is InChI=1S/C41H43N7O7/c1-40(2,3)55-39(54)45-32-10-8-6-4-5-7-9-29-20-41(29,38(52)53)46-35(49)33-19-30(24-47(33)36(32)50)48-37(51)34(28-17-13-26(22-43)14-18-28)31(23-44-48)27-15-11-25(21-42)12-16-27/h7,9,11-18,23,29-30,32-33H,4-6,8,10,19-20,24H2,1-3H3,(H,45,54)(H,46,49)(H,52,53)/t29-,30+,32-,33?,41+/m1/s1. The number of aromatic nitrogens is 2. The number of rotatable bonds is 5. The second-order valence-electron chi connectivity index (χ2n) is 15.3. The number of carbonyl (C=O) groups excluding carboxylic acids is 3. The summed E-state index contributed by atoms with van der Waals surface area (Å²) in [5, 5.41) is 39.0. The molecule has 14 heteroatoms. The predicted octanol–water partition coefficient (Wildman–Crippen LogP) is 4.84. The SMILES string of the molecule is CC(C)(C)OC(=O)N[C@@H]1CCCCCC=C[C@@H]2C[C@]2(C(=O)O)NC(=O)C2C[C@H](n3ncc(-c4ccc(C#N)cc4)c(-c4ccc(C#N)cc4)c3=O)CN2C1=O. The van der Waals surface area contributed by atoms with E-state index in [0.29, 0.717) is 40.7 Å². The van der Waals surface area contributed by atoms with Crippen LogP contribution in [0.1, 0.15) is 82.9 Å². The van der Waals surface area contributed by atoms with E-state index in [0.717, 1.165) is 12.8 Å². The highest BCUT2D eigenvalue weighted by molar-refractivity contribution is 5.96. The summed E-state index contributed by atoms with van der Waals surface area (Å²) in [5.74, 6) is -2.85. The van der Waals surface area contributed by atoms with Gasteiger partial charge in [-0.3, -0.25) is 14.4 Å². The predicted molar refractivity (Wildman–Crippen MR) is 200 cm³/mol. The summed E-state index contributed by atoms with van der Waals surface area (Å²) in [6.07, 6.45) is 7.67. The monoisotopic (exact) mass is 745 g/mol. The molecule has 3 N–H and O–H groups in total. The minimum Gasteiger partial charge on any atom is -0.479 e. The molecule has 3 aliphatic rings. The summed E-state index contributed by atoms with van der Waals surface area (Å²) in [6, 6.07) is 14.2. The highest BCUT2D eigenvalue weighted by atomic mass is 16.6. The van der Waals surface area contributed by atoms with Gasteiger partial charge in [-0.1, -0.05) is 49.3 Å². The molecule has 0 spiro atoms. The van der Waals surface area contributed by atoms with Crippen LogP contribution in [0.15, 0.2) is 71.7 Å². The molecule has 55 heavy (non-hydrogen) atoms. The summed E-state index contributed by atoms with van der Waals surface area (Å²) in [5.41, 5.74) is -0.229. The third-order valence-corrected chi connectivity index (χ3v) is 10.3. The molecular formula is C41H43N7O7. The first-order valence-corrected chi connectivity index (χ1v) is 18.4. The Morgan fingerprint density at radius 2 is 1.64 bits per heavy atom. The van der Waals surface area contributed by atoms with Crippen molar-refractivity contribution in [2.24, 2.45) is 5.92 Å². The Morgan fingerprint density at radius 1 is 0.982 bits per heavy atom. The van der Waals surface area contributed by atoms with Crippen LogP contribution < -0.4 is 16.2 Å². The lowest BCUT2D eigenvalue weighted by atomic mass is 9.96. The van der Waals surface area contributed by atoms with Crippen LogP contribution >= 0.6 is 0 Å².